The van der Waals surface area contributed by atoms with Crippen LogP contribution in [0.25, 0.3) is 0 Å². The first-order valence-corrected chi connectivity index (χ1v) is 11.6. The Morgan fingerprint density at radius 3 is 1.04 bits per heavy atom. The van der Waals surface area contributed by atoms with E-state index in [1.54, 1.807) is 0 Å². The van der Waals surface area contributed by atoms with E-state index in [9.17, 15) is 0 Å². The number of halogens is 2. The van der Waals surface area contributed by atoms with Crippen LogP contribution in [0.4, 0.5) is 0 Å². The molecule has 0 spiro atoms. The summed E-state index contributed by atoms with van der Waals surface area (Å²) in [5.74, 6) is 0. The van der Waals surface area contributed by atoms with Gasteiger partial charge in [0.15, 0.2) is 0 Å². The smallest absolute Gasteiger partial charge is 0.0814 e. The minimum absolute atomic E-state index is 0.199. The van der Waals surface area contributed by atoms with E-state index in [0.29, 0.717) is 0 Å². The van der Waals surface area contributed by atoms with E-state index in [-0.39, 0.29) is 21.7 Å². The van der Waals surface area contributed by atoms with Crippen molar-refractivity contribution < 1.29 is 0 Å². The number of hydrogen-bond donors (Lipinski definition) is 0. The largest absolute Gasteiger partial charge is 0.103 e. The maximum atomic E-state index is 3.81. The molecule has 0 amide bonds. The van der Waals surface area contributed by atoms with Crippen molar-refractivity contribution >= 4 is 31.9 Å². The standard InChI is InChI=1S/C24H36Br2/c1-21(2)11-9-12-22(3,4)19(21)15-17(25)18(26)16-20-23(5,6)13-10-14-24(20,7)8/h9-14H2,1-8H3. The lowest BCUT2D eigenvalue weighted by molar-refractivity contribution is 0.216. The molecule has 0 aromatic carbocycles. The van der Waals surface area contributed by atoms with Crippen molar-refractivity contribution in [3.63, 3.8) is 0 Å². The zero-order chi connectivity index (χ0) is 20.0. The lowest BCUT2D eigenvalue weighted by atomic mass is 9.61. The van der Waals surface area contributed by atoms with Crippen LogP contribution in [0.3, 0.4) is 0 Å². The van der Waals surface area contributed by atoms with Gasteiger partial charge in [0.1, 0.15) is 0 Å². The summed E-state index contributed by atoms with van der Waals surface area (Å²) < 4.78 is 2.00. The van der Waals surface area contributed by atoms with Crippen molar-refractivity contribution in [2.45, 2.75) is 93.9 Å². The van der Waals surface area contributed by atoms with E-state index >= 15 is 0 Å². The lowest BCUT2D eigenvalue weighted by Crippen LogP contribution is -2.32. The summed E-state index contributed by atoms with van der Waals surface area (Å²) >= 11 is 7.62. The molecule has 0 N–H and O–H groups in total. The summed E-state index contributed by atoms with van der Waals surface area (Å²) in [4.78, 5) is 0. The first-order valence-electron chi connectivity index (χ1n) is 10.0. The van der Waals surface area contributed by atoms with Crippen molar-refractivity contribution in [3.05, 3.63) is 31.6 Å². The number of hydrogen-bond acceptors (Lipinski definition) is 0. The van der Waals surface area contributed by atoms with Crippen LogP contribution in [0.1, 0.15) is 93.9 Å². The Morgan fingerprint density at radius 1 is 0.577 bits per heavy atom. The van der Waals surface area contributed by atoms with E-state index in [2.05, 4.69) is 98.7 Å². The van der Waals surface area contributed by atoms with Crippen molar-refractivity contribution in [1.29, 1.82) is 0 Å². The summed E-state index contributed by atoms with van der Waals surface area (Å²) in [5, 5.41) is 0. The Labute approximate surface area is 178 Å². The van der Waals surface area contributed by atoms with Gasteiger partial charge in [-0.3, -0.25) is 0 Å². The average Bonchev–Trinajstić information content (AvgIpc) is 2.45. The van der Waals surface area contributed by atoms with Gasteiger partial charge in [0.25, 0.3) is 0 Å². The highest BCUT2D eigenvalue weighted by molar-refractivity contribution is 9.15. The molecule has 2 aliphatic rings. The lowest BCUT2D eigenvalue weighted by Gasteiger charge is -2.43. The van der Waals surface area contributed by atoms with Gasteiger partial charge in [-0.25, -0.2) is 0 Å². The van der Waals surface area contributed by atoms with Crippen LogP contribution in [-0.2, 0) is 0 Å². The zero-order valence-electron chi connectivity index (χ0n) is 18.0. The van der Waals surface area contributed by atoms with Gasteiger partial charge in [0.2, 0.25) is 0 Å². The molecule has 0 aliphatic heterocycles. The van der Waals surface area contributed by atoms with Gasteiger partial charge in [0.05, 0.1) is 8.96 Å². The predicted molar refractivity (Wildman–Crippen MR) is 122 cm³/mol. The highest BCUT2D eigenvalue weighted by Crippen LogP contribution is 2.52. The average molecular weight is 484 g/mol. The fourth-order valence-corrected chi connectivity index (χ4v) is 5.88. The summed E-state index contributed by atoms with van der Waals surface area (Å²) in [7, 11) is 0. The van der Waals surface area contributed by atoms with Gasteiger partial charge >= 0.3 is 0 Å². The third kappa shape index (κ3) is 4.70. The molecule has 26 heavy (non-hydrogen) atoms. The van der Waals surface area contributed by atoms with Crippen molar-refractivity contribution in [1.82, 2.24) is 0 Å². The molecule has 0 bridgehead atoms. The van der Waals surface area contributed by atoms with E-state index < -0.39 is 0 Å². The fraction of sp³-hybridized carbons (Fsp3) is 0.750. The predicted octanol–water partition coefficient (Wildman–Crippen LogP) is 9.07. The van der Waals surface area contributed by atoms with Gasteiger partial charge in [-0.15, -0.1) is 11.5 Å². The summed E-state index contributed by atoms with van der Waals surface area (Å²) in [6, 6.07) is 0. The van der Waals surface area contributed by atoms with Crippen LogP contribution in [0.2, 0.25) is 0 Å². The second kappa shape index (κ2) is 7.44. The molecule has 146 valence electrons. The Hall–Kier alpha value is -0.0000000000000000278. The minimum Gasteiger partial charge on any atom is -0.103 e. The van der Waals surface area contributed by atoms with Gasteiger partial charge in [-0.05, 0) is 90.3 Å². The second-order valence-corrected chi connectivity index (χ2v) is 12.5. The third-order valence-corrected chi connectivity index (χ3v) is 8.30. The van der Waals surface area contributed by atoms with Crippen LogP contribution < -0.4 is 0 Å². The quantitative estimate of drug-likeness (QED) is 0.257. The maximum Gasteiger partial charge on any atom is 0.0814 e. The first-order chi connectivity index (χ1) is 11.7. The van der Waals surface area contributed by atoms with Crippen molar-refractivity contribution in [2.24, 2.45) is 21.7 Å². The highest BCUT2D eigenvalue weighted by Gasteiger charge is 2.40. The van der Waals surface area contributed by atoms with E-state index in [1.807, 2.05) is 0 Å². The molecule has 2 heteroatoms. The Kier molecular flexibility index (Phi) is 6.38. The molecule has 2 rings (SSSR count). The van der Waals surface area contributed by atoms with Gasteiger partial charge in [0, 0.05) is 0 Å². The summed E-state index contributed by atoms with van der Waals surface area (Å²) in [6.07, 6.45) is 7.55. The molecule has 0 nitrogen and oxygen atoms in total. The molecule has 0 aromatic heterocycles. The second-order valence-electron chi connectivity index (χ2n) is 10.9. The maximum absolute atomic E-state index is 3.81. The monoisotopic (exact) mass is 482 g/mol. The molecule has 2 saturated carbocycles. The van der Waals surface area contributed by atoms with Crippen molar-refractivity contribution in [3.8, 4) is 0 Å². The van der Waals surface area contributed by atoms with Gasteiger partial charge in [-0.2, -0.15) is 0 Å². The third-order valence-electron chi connectivity index (χ3n) is 6.58. The summed E-state index contributed by atoms with van der Waals surface area (Å²) in [5.41, 5.74) is 11.1. The first kappa shape index (κ1) is 22.3. The SMILES string of the molecule is CC1(C)CCCC(C)(C)C1=C=C(Br)C(Br)=C=C1C(C)(C)CCCC1(C)C. The van der Waals surface area contributed by atoms with Crippen LogP contribution in [0.15, 0.2) is 31.6 Å². The number of allylic oxidation sites excluding steroid dienone is 2. The van der Waals surface area contributed by atoms with Crippen LogP contribution in [0.5, 0.6) is 0 Å². The molecular formula is C24H36Br2. The Bertz CT molecular complexity index is 602. The molecule has 0 radical (unpaired) electrons. The number of rotatable bonds is 1. The van der Waals surface area contributed by atoms with Gasteiger partial charge < -0.3 is 0 Å². The van der Waals surface area contributed by atoms with Crippen LogP contribution in [0, 0.1) is 21.7 Å². The molecule has 0 unspecified atom stereocenters. The van der Waals surface area contributed by atoms with E-state index in [1.165, 1.54) is 49.7 Å². The van der Waals surface area contributed by atoms with Gasteiger partial charge in [-0.1, -0.05) is 68.2 Å². The molecule has 0 atom stereocenters. The minimum atomic E-state index is 0.199. The molecule has 2 aliphatic carbocycles. The molecule has 2 fully saturated rings. The molecular weight excluding hydrogens is 448 g/mol. The fourth-order valence-electron chi connectivity index (χ4n) is 5.28. The normalized spacial score (nSPS) is 25.9. The highest BCUT2D eigenvalue weighted by atomic mass is 79.9. The Balaban J connectivity index is 2.65. The Morgan fingerprint density at radius 2 is 0.808 bits per heavy atom. The summed E-state index contributed by atoms with van der Waals surface area (Å²) in [6.45, 7) is 18.9. The van der Waals surface area contributed by atoms with E-state index in [0.717, 1.165) is 8.96 Å². The van der Waals surface area contributed by atoms with E-state index in [4.69, 9.17) is 0 Å². The molecule has 0 heterocycles. The molecule has 0 saturated heterocycles. The van der Waals surface area contributed by atoms with Crippen LogP contribution in [-0.4, -0.2) is 0 Å². The zero-order valence-corrected chi connectivity index (χ0v) is 21.2. The van der Waals surface area contributed by atoms with Crippen molar-refractivity contribution in [2.75, 3.05) is 0 Å². The topological polar surface area (TPSA) is 0 Å². The molecule has 0 aromatic rings. The van der Waals surface area contributed by atoms with Crippen LogP contribution >= 0.6 is 31.9 Å².